The summed E-state index contributed by atoms with van der Waals surface area (Å²) < 4.78 is 12.2. The molecule has 2 aromatic rings. The first-order chi connectivity index (χ1) is 16.9. The van der Waals surface area contributed by atoms with Crippen molar-refractivity contribution in [3.63, 3.8) is 0 Å². The minimum absolute atomic E-state index is 0.0323. The zero-order valence-electron chi connectivity index (χ0n) is 19.9. The zero-order valence-corrected chi connectivity index (χ0v) is 20.7. The van der Waals surface area contributed by atoms with E-state index in [-0.39, 0.29) is 23.9 Å². The second-order valence-corrected chi connectivity index (χ2v) is 10.4. The maximum atomic E-state index is 13.0. The first-order valence-electron chi connectivity index (χ1n) is 12.5. The molecule has 0 radical (unpaired) electrons. The van der Waals surface area contributed by atoms with Crippen molar-refractivity contribution in [1.82, 2.24) is 9.80 Å². The van der Waals surface area contributed by atoms with Gasteiger partial charge in [0, 0.05) is 63.1 Å². The van der Waals surface area contributed by atoms with Crippen molar-refractivity contribution in [2.45, 2.75) is 50.2 Å². The number of hydrogen-bond donors (Lipinski definition) is 2. The van der Waals surface area contributed by atoms with Crippen molar-refractivity contribution < 1.29 is 24.5 Å². The minimum Gasteiger partial charge on any atom is -0.508 e. The number of carbonyl (C=O) groups excluding carboxylic acids is 1. The number of halogens is 1. The first-order valence-corrected chi connectivity index (χ1v) is 12.9. The number of benzene rings is 2. The number of likely N-dealkylation sites (tertiary alicyclic amines) is 2. The fraction of sp³-hybridized carbons (Fsp3) is 0.519. The topological polar surface area (TPSA) is 82.5 Å². The highest BCUT2D eigenvalue weighted by atomic mass is 35.5. The summed E-state index contributed by atoms with van der Waals surface area (Å²) in [5.74, 6) is 1.18. The molecule has 188 valence electrons. The van der Waals surface area contributed by atoms with Gasteiger partial charge < -0.3 is 29.5 Å². The second-order valence-electron chi connectivity index (χ2n) is 10.0. The van der Waals surface area contributed by atoms with Crippen molar-refractivity contribution in [1.29, 1.82) is 0 Å². The van der Waals surface area contributed by atoms with Crippen molar-refractivity contribution >= 4 is 17.5 Å². The van der Waals surface area contributed by atoms with Gasteiger partial charge in [-0.05, 0) is 55.2 Å². The summed E-state index contributed by atoms with van der Waals surface area (Å²) in [6.07, 6.45) is 5.06. The van der Waals surface area contributed by atoms with Gasteiger partial charge in [0.15, 0.2) is 0 Å². The number of amides is 1. The molecule has 0 aromatic heterocycles. The molecule has 3 aliphatic rings. The SMILES string of the molecule is O=C(c1ccc(O)cc1OC[C@@H](O)CN1CCC2(CC1)Cc1cc(Cl)ccc1O2)N1CCCCC1. The lowest BCUT2D eigenvalue weighted by atomic mass is 9.87. The highest BCUT2D eigenvalue weighted by molar-refractivity contribution is 6.30. The molecule has 5 rings (SSSR count). The Kier molecular flexibility index (Phi) is 7.09. The fourth-order valence-electron chi connectivity index (χ4n) is 5.44. The fourth-order valence-corrected chi connectivity index (χ4v) is 5.63. The molecule has 1 atom stereocenters. The van der Waals surface area contributed by atoms with E-state index in [1.165, 1.54) is 17.7 Å². The van der Waals surface area contributed by atoms with E-state index in [1.807, 2.05) is 23.1 Å². The number of rotatable bonds is 6. The monoisotopic (exact) mass is 500 g/mol. The molecule has 3 aliphatic heterocycles. The number of β-amino-alcohol motifs (C(OH)–C–C–N with tert-alkyl or cyclic N) is 1. The number of piperidine rings is 2. The van der Waals surface area contributed by atoms with Gasteiger partial charge in [-0.3, -0.25) is 4.79 Å². The van der Waals surface area contributed by atoms with Gasteiger partial charge in [0.25, 0.3) is 5.91 Å². The smallest absolute Gasteiger partial charge is 0.257 e. The van der Waals surface area contributed by atoms with Crippen LogP contribution in [0.15, 0.2) is 36.4 Å². The Balaban J connectivity index is 1.13. The number of aliphatic hydroxyl groups excluding tert-OH is 1. The number of aromatic hydroxyl groups is 1. The average molecular weight is 501 g/mol. The van der Waals surface area contributed by atoms with Crippen molar-refractivity contribution in [2.75, 3.05) is 39.3 Å². The highest BCUT2D eigenvalue weighted by Gasteiger charge is 2.42. The summed E-state index contributed by atoms with van der Waals surface area (Å²) in [7, 11) is 0. The molecule has 3 heterocycles. The molecule has 35 heavy (non-hydrogen) atoms. The van der Waals surface area contributed by atoms with E-state index in [4.69, 9.17) is 21.1 Å². The number of aliphatic hydroxyl groups is 1. The van der Waals surface area contributed by atoms with Gasteiger partial charge in [0.2, 0.25) is 0 Å². The molecule has 0 bridgehead atoms. The number of fused-ring (bicyclic) bond motifs is 1. The van der Waals surface area contributed by atoms with E-state index < -0.39 is 6.10 Å². The summed E-state index contributed by atoms with van der Waals surface area (Å²) in [5, 5.41) is 21.3. The number of nitrogens with zero attached hydrogens (tertiary/aromatic N) is 2. The molecular weight excluding hydrogens is 468 g/mol. The van der Waals surface area contributed by atoms with Gasteiger partial charge in [-0.15, -0.1) is 0 Å². The van der Waals surface area contributed by atoms with Gasteiger partial charge in [0.05, 0.1) is 5.56 Å². The van der Waals surface area contributed by atoms with Crippen molar-refractivity contribution in [2.24, 2.45) is 0 Å². The number of phenolic OH excluding ortho intramolecular Hbond substituents is 1. The van der Waals surface area contributed by atoms with Crippen molar-refractivity contribution in [3.8, 4) is 17.2 Å². The molecule has 0 aliphatic carbocycles. The molecular formula is C27H33ClN2O5. The predicted octanol–water partition coefficient (Wildman–Crippen LogP) is 3.88. The van der Waals surface area contributed by atoms with Crippen LogP contribution in [-0.2, 0) is 6.42 Å². The van der Waals surface area contributed by atoms with Gasteiger partial charge in [-0.1, -0.05) is 11.6 Å². The average Bonchev–Trinajstić information content (AvgIpc) is 3.21. The van der Waals surface area contributed by atoms with Crippen LogP contribution < -0.4 is 9.47 Å². The largest absolute Gasteiger partial charge is 0.508 e. The summed E-state index contributed by atoms with van der Waals surface area (Å²) in [6, 6.07) is 10.4. The summed E-state index contributed by atoms with van der Waals surface area (Å²) >= 11 is 6.14. The van der Waals surface area contributed by atoms with Crippen LogP contribution in [0.5, 0.6) is 17.2 Å². The molecule has 2 aromatic carbocycles. The van der Waals surface area contributed by atoms with Crippen LogP contribution in [0, 0.1) is 0 Å². The van der Waals surface area contributed by atoms with E-state index >= 15 is 0 Å². The maximum Gasteiger partial charge on any atom is 0.257 e. The maximum absolute atomic E-state index is 13.0. The third kappa shape index (κ3) is 5.52. The van der Waals surface area contributed by atoms with Gasteiger partial charge in [-0.2, -0.15) is 0 Å². The van der Waals surface area contributed by atoms with Crippen LogP contribution in [-0.4, -0.2) is 77.0 Å². The first kappa shape index (κ1) is 24.2. The molecule has 7 nitrogen and oxygen atoms in total. The molecule has 8 heteroatoms. The molecule has 1 amide bonds. The zero-order chi connectivity index (χ0) is 24.4. The third-order valence-corrected chi connectivity index (χ3v) is 7.60. The Labute approximate surface area is 211 Å². The number of hydrogen-bond acceptors (Lipinski definition) is 6. The van der Waals surface area contributed by atoms with Gasteiger partial charge in [-0.25, -0.2) is 0 Å². The van der Waals surface area contributed by atoms with Crippen LogP contribution in [0.3, 0.4) is 0 Å². The summed E-state index contributed by atoms with van der Waals surface area (Å²) in [4.78, 5) is 17.0. The number of ether oxygens (including phenoxy) is 2. The van der Waals surface area contributed by atoms with Crippen molar-refractivity contribution in [3.05, 3.63) is 52.5 Å². The Morgan fingerprint density at radius 1 is 1.09 bits per heavy atom. The van der Waals surface area contributed by atoms with E-state index in [9.17, 15) is 15.0 Å². The molecule has 0 saturated carbocycles. The molecule has 2 saturated heterocycles. The highest BCUT2D eigenvalue weighted by Crippen LogP contribution is 2.42. The number of carbonyl (C=O) groups is 1. The van der Waals surface area contributed by atoms with E-state index in [2.05, 4.69) is 4.90 Å². The normalized spacial score (nSPS) is 20.3. The van der Waals surface area contributed by atoms with Crippen LogP contribution in [0.4, 0.5) is 0 Å². The van der Waals surface area contributed by atoms with Crippen LogP contribution in [0.1, 0.15) is 48.0 Å². The lowest BCUT2D eigenvalue weighted by Gasteiger charge is -2.39. The van der Waals surface area contributed by atoms with E-state index in [1.54, 1.807) is 6.07 Å². The standard InChI is InChI=1S/C27H33ClN2O5/c28-20-4-7-24-19(14-20)16-27(35-24)8-12-29(13-9-27)17-22(32)18-34-25-15-21(31)5-6-23(25)26(33)30-10-2-1-3-11-30/h4-7,14-15,22,31-32H,1-3,8-13,16-18H2/t22-/m0/s1. The van der Waals surface area contributed by atoms with Gasteiger partial charge >= 0.3 is 0 Å². The Morgan fingerprint density at radius 2 is 1.86 bits per heavy atom. The second kappa shape index (κ2) is 10.2. The van der Waals surface area contributed by atoms with E-state index in [0.717, 1.165) is 75.5 Å². The summed E-state index contributed by atoms with van der Waals surface area (Å²) in [5.41, 5.74) is 1.41. The van der Waals surface area contributed by atoms with E-state index in [0.29, 0.717) is 17.9 Å². The third-order valence-electron chi connectivity index (χ3n) is 7.37. The van der Waals surface area contributed by atoms with Crippen LogP contribution >= 0.6 is 11.6 Å². The Hall–Kier alpha value is -2.48. The quantitative estimate of drug-likeness (QED) is 0.626. The molecule has 1 spiro atoms. The van der Waals surface area contributed by atoms with Crippen LogP contribution in [0.2, 0.25) is 5.02 Å². The lowest BCUT2D eigenvalue weighted by molar-refractivity contribution is -0.00203. The molecule has 2 fully saturated rings. The predicted molar refractivity (Wildman–Crippen MR) is 134 cm³/mol. The minimum atomic E-state index is -0.718. The number of phenols is 1. The van der Waals surface area contributed by atoms with Gasteiger partial charge in [0.1, 0.15) is 35.6 Å². The molecule has 2 N–H and O–H groups in total. The van der Waals surface area contributed by atoms with Crippen LogP contribution in [0.25, 0.3) is 0 Å². The summed E-state index contributed by atoms with van der Waals surface area (Å²) in [6.45, 7) is 3.64. The lowest BCUT2D eigenvalue weighted by Crippen LogP contribution is -2.49. The Morgan fingerprint density at radius 3 is 2.63 bits per heavy atom. The molecule has 0 unspecified atom stereocenters. The Bertz CT molecular complexity index is 1060.